The first-order valence-electron chi connectivity index (χ1n) is 9.15. The van der Waals surface area contributed by atoms with Crippen LogP contribution in [-0.4, -0.2) is 38.5 Å². The highest BCUT2D eigenvalue weighted by molar-refractivity contribution is 5.82. The highest BCUT2D eigenvalue weighted by Gasteiger charge is 2.21. The number of ether oxygens (including phenoxy) is 3. The Morgan fingerprint density at radius 1 is 1.07 bits per heavy atom. The van der Waals surface area contributed by atoms with Crippen LogP contribution in [0.2, 0.25) is 0 Å². The smallest absolute Gasteiger partial charge is 0.235 e. The lowest BCUT2D eigenvalue weighted by Crippen LogP contribution is -3.12. The Hall–Kier alpha value is -3.03. The number of hydrogen-bond acceptors (Lipinski definition) is 6. The fourth-order valence-electron chi connectivity index (χ4n) is 3.33. The molecule has 0 amide bonds. The van der Waals surface area contributed by atoms with E-state index in [1.807, 2.05) is 0 Å². The van der Waals surface area contributed by atoms with E-state index in [1.54, 1.807) is 37.4 Å². The minimum absolute atomic E-state index is 0.0908. The SMILES string of the molecule is COc1ccc(Oc2coc3c(C[NH+]4CCOCC4)c(O)ccc3c2=O)cc1. The van der Waals surface area contributed by atoms with Gasteiger partial charge in [0.25, 0.3) is 0 Å². The molecule has 28 heavy (non-hydrogen) atoms. The van der Waals surface area contributed by atoms with Crippen LogP contribution in [0.1, 0.15) is 5.56 Å². The molecule has 1 aromatic heterocycles. The summed E-state index contributed by atoms with van der Waals surface area (Å²) < 4.78 is 21.9. The highest BCUT2D eigenvalue weighted by atomic mass is 16.5. The van der Waals surface area contributed by atoms with Crippen molar-refractivity contribution in [2.45, 2.75) is 6.54 Å². The number of hydrogen-bond donors (Lipinski definition) is 2. The summed E-state index contributed by atoms with van der Waals surface area (Å²) in [5, 5.41) is 10.7. The number of benzene rings is 2. The fourth-order valence-corrected chi connectivity index (χ4v) is 3.33. The van der Waals surface area contributed by atoms with E-state index >= 15 is 0 Å². The van der Waals surface area contributed by atoms with Gasteiger partial charge in [-0.3, -0.25) is 4.79 Å². The second-order valence-electron chi connectivity index (χ2n) is 6.69. The molecule has 3 aromatic rings. The standard InChI is InChI=1S/C21H21NO6/c1-25-14-2-4-15(5-3-14)28-19-13-27-21-16(20(19)24)6-7-18(23)17(21)12-22-8-10-26-11-9-22/h2-7,13,23H,8-12H2,1H3/p+1. The molecule has 4 rings (SSSR count). The predicted molar refractivity (Wildman–Crippen MR) is 102 cm³/mol. The first kappa shape index (κ1) is 18.3. The van der Waals surface area contributed by atoms with E-state index in [1.165, 1.54) is 17.2 Å². The van der Waals surface area contributed by atoms with Gasteiger partial charge in [-0.05, 0) is 36.4 Å². The third-order valence-electron chi connectivity index (χ3n) is 4.90. The maximum absolute atomic E-state index is 12.9. The first-order valence-corrected chi connectivity index (χ1v) is 9.15. The molecule has 0 unspecified atom stereocenters. The van der Waals surface area contributed by atoms with Gasteiger partial charge in [0.2, 0.25) is 11.2 Å². The van der Waals surface area contributed by atoms with Crippen molar-refractivity contribution in [1.82, 2.24) is 0 Å². The van der Waals surface area contributed by atoms with Gasteiger partial charge in [-0.2, -0.15) is 0 Å². The normalized spacial score (nSPS) is 14.9. The molecule has 1 aliphatic rings. The molecule has 7 nitrogen and oxygen atoms in total. The van der Waals surface area contributed by atoms with Crippen molar-refractivity contribution in [3.8, 4) is 23.0 Å². The molecular weight excluding hydrogens is 362 g/mol. The van der Waals surface area contributed by atoms with Crippen molar-refractivity contribution in [2.75, 3.05) is 33.4 Å². The van der Waals surface area contributed by atoms with E-state index in [0.717, 1.165) is 13.1 Å². The van der Waals surface area contributed by atoms with E-state index in [9.17, 15) is 9.90 Å². The van der Waals surface area contributed by atoms with Crippen LogP contribution < -0.4 is 19.8 Å². The number of fused-ring (bicyclic) bond motifs is 1. The average molecular weight is 384 g/mol. The third kappa shape index (κ3) is 3.67. The second kappa shape index (κ2) is 7.92. The molecule has 0 radical (unpaired) electrons. The zero-order valence-corrected chi connectivity index (χ0v) is 15.6. The van der Waals surface area contributed by atoms with Crippen LogP contribution in [0, 0.1) is 0 Å². The van der Waals surface area contributed by atoms with Gasteiger partial charge >= 0.3 is 0 Å². The molecule has 0 bridgehead atoms. The Labute approximate surface area is 161 Å². The van der Waals surface area contributed by atoms with E-state index < -0.39 is 0 Å². The molecule has 1 aliphatic heterocycles. The Bertz CT molecular complexity index is 1020. The zero-order valence-electron chi connectivity index (χ0n) is 15.6. The van der Waals surface area contributed by atoms with Gasteiger partial charge in [0.05, 0.1) is 31.3 Å². The number of quaternary nitrogens is 1. The number of phenolic OH excluding ortho intramolecular Hbond substituents is 1. The van der Waals surface area contributed by atoms with Crippen LogP contribution in [0.15, 0.2) is 51.9 Å². The molecule has 0 atom stereocenters. The molecule has 0 spiro atoms. The van der Waals surface area contributed by atoms with Crippen LogP contribution >= 0.6 is 0 Å². The quantitative estimate of drug-likeness (QED) is 0.697. The summed E-state index contributed by atoms with van der Waals surface area (Å²) in [7, 11) is 1.58. The number of rotatable bonds is 5. The lowest BCUT2D eigenvalue weighted by Gasteiger charge is -2.24. The summed E-state index contributed by atoms with van der Waals surface area (Å²) in [6.45, 7) is 3.63. The number of methoxy groups -OCH3 is 1. The molecule has 0 aliphatic carbocycles. The van der Waals surface area contributed by atoms with Gasteiger partial charge in [0.15, 0.2) is 5.58 Å². The minimum atomic E-state index is -0.282. The second-order valence-corrected chi connectivity index (χ2v) is 6.69. The van der Waals surface area contributed by atoms with Crippen molar-refractivity contribution in [3.05, 3.63) is 58.4 Å². The van der Waals surface area contributed by atoms with Crippen LogP contribution in [-0.2, 0) is 11.3 Å². The fraction of sp³-hybridized carbons (Fsp3) is 0.286. The summed E-state index contributed by atoms with van der Waals surface area (Å²) in [5.74, 6) is 1.42. The van der Waals surface area contributed by atoms with Gasteiger partial charge in [-0.1, -0.05) is 0 Å². The summed E-state index contributed by atoms with van der Waals surface area (Å²) >= 11 is 0. The first-order chi connectivity index (χ1) is 13.7. The van der Waals surface area contributed by atoms with Crippen LogP contribution in [0.25, 0.3) is 11.0 Å². The van der Waals surface area contributed by atoms with Crippen LogP contribution in [0.4, 0.5) is 0 Å². The lowest BCUT2D eigenvalue weighted by molar-refractivity contribution is -0.921. The van der Waals surface area contributed by atoms with Gasteiger partial charge < -0.3 is 28.6 Å². The molecule has 2 N–H and O–H groups in total. The van der Waals surface area contributed by atoms with Crippen LogP contribution in [0.5, 0.6) is 23.0 Å². The number of aromatic hydroxyl groups is 1. The Kier molecular flexibility index (Phi) is 5.18. The predicted octanol–water partition coefficient (Wildman–Crippen LogP) is 1.71. The molecule has 146 valence electrons. The molecule has 0 saturated carbocycles. The van der Waals surface area contributed by atoms with Crippen molar-refractivity contribution in [2.24, 2.45) is 0 Å². The van der Waals surface area contributed by atoms with Gasteiger partial charge in [-0.25, -0.2) is 0 Å². The summed E-state index contributed by atoms with van der Waals surface area (Å²) in [5.41, 5.74) is 0.740. The molecule has 1 saturated heterocycles. The van der Waals surface area contributed by atoms with E-state index in [-0.39, 0.29) is 16.9 Å². The van der Waals surface area contributed by atoms with E-state index in [2.05, 4.69) is 0 Å². The summed E-state index contributed by atoms with van der Waals surface area (Å²) in [4.78, 5) is 14.2. The van der Waals surface area contributed by atoms with Crippen molar-refractivity contribution in [1.29, 1.82) is 0 Å². The number of morpholine rings is 1. The van der Waals surface area contributed by atoms with Gasteiger partial charge in [-0.15, -0.1) is 0 Å². The maximum Gasteiger partial charge on any atom is 0.235 e. The zero-order chi connectivity index (χ0) is 19.5. The van der Waals surface area contributed by atoms with Gasteiger partial charge in [0.1, 0.15) is 43.1 Å². The topological polar surface area (TPSA) is 82.6 Å². The molecule has 1 fully saturated rings. The number of phenols is 1. The number of nitrogens with one attached hydrogen (secondary N) is 1. The Morgan fingerprint density at radius 3 is 2.50 bits per heavy atom. The van der Waals surface area contributed by atoms with Crippen LogP contribution in [0.3, 0.4) is 0 Å². The largest absolute Gasteiger partial charge is 0.507 e. The average Bonchev–Trinajstić information content (AvgIpc) is 2.73. The van der Waals surface area contributed by atoms with Gasteiger partial charge in [0, 0.05) is 0 Å². The van der Waals surface area contributed by atoms with Crippen molar-refractivity contribution >= 4 is 11.0 Å². The Morgan fingerprint density at radius 2 is 1.79 bits per heavy atom. The van der Waals surface area contributed by atoms with Crippen molar-refractivity contribution in [3.63, 3.8) is 0 Å². The lowest BCUT2D eigenvalue weighted by atomic mass is 10.1. The monoisotopic (exact) mass is 384 g/mol. The highest BCUT2D eigenvalue weighted by Crippen LogP contribution is 2.28. The van der Waals surface area contributed by atoms with E-state index in [0.29, 0.717) is 47.8 Å². The molecule has 7 heteroatoms. The van der Waals surface area contributed by atoms with Crippen molar-refractivity contribution < 1.29 is 28.6 Å². The third-order valence-corrected chi connectivity index (χ3v) is 4.90. The maximum atomic E-state index is 12.9. The Balaban J connectivity index is 1.66. The van der Waals surface area contributed by atoms with E-state index in [4.69, 9.17) is 18.6 Å². The minimum Gasteiger partial charge on any atom is -0.507 e. The molecule has 2 heterocycles. The molecule has 2 aromatic carbocycles. The molecular formula is C21H22NO6+. The summed E-state index contributed by atoms with van der Waals surface area (Å²) in [6, 6.07) is 10.0. The summed E-state index contributed by atoms with van der Waals surface area (Å²) in [6.07, 6.45) is 1.30.